The quantitative estimate of drug-likeness (QED) is 0.922. The third-order valence-electron chi connectivity index (χ3n) is 4.43. The highest BCUT2D eigenvalue weighted by molar-refractivity contribution is 6.32. The minimum atomic E-state index is 0.412. The van der Waals surface area contributed by atoms with E-state index in [-0.39, 0.29) is 0 Å². The van der Waals surface area contributed by atoms with E-state index in [4.69, 9.17) is 21.1 Å². The van der Waals surface area contributed by atoms with Gasteiger partial charge in [0, 0.05) is 24.7 Å². The molecule has 1 heterocycles. The van der Waals surface area contributed by atoms with Gasteiger partial charge in [-0.2, -0.15) is 0 Å². The second-order valence-electron chi connectivity index (χ2n) is 5.94. The predicted molar refractivity (Wildman–Crippen MR) is 87.8 cm³/mol. The van der Waals surface area contributed by atoms with Crippen molar-refractivity contribution in [3.63, 3.8) is 0 Å². The molecular weight excluding hydrogens is 288 g/mol. The Morgan fingerprint density at radius 1 is 1.19 bits per heavy atom. The summed E-state index contributed by atoms with van der Waals surface area (Å²) in [4.78, 5) is 2.40. The molecule has 118 valence electrons. The minimum absolute atomic E-state index is 0.412. The van der Waals surface area contributed by atoms with Gasteiger partial charge in [-0.3, -0.25) is 0 Å². The van der Waals surface area contributed by atoms with Crippen LogP contribution in [-0.4, -0.2) is 44.8 Å². The van der Waals surface area contributed by atoms with Gasteiger partial charge >= 0.3 is 0 Å². The van der Waals surface area contributed by atoms with Gasteiger partial charge in [0.2, 0.25) is 0 Å². The Labute approximate surface area is 132 Å². The second-order valence-corrected chi connectivity index (χ2v) is 6.35. The van der Waals surface area contributed by atoms with Gasteiger partial charge in [0.05, 0.1) is 24.9 Å². The molecule has 0 amide bonds. The molecule has 0 bridgehead atoms. The number of hydrogen-bond acceptors (Lipinski definition) is 4. The van der Waals surface area contributed by atoms with E-state index in [0.29, 0.717) is 28.8 Å². The lowest BCUT2D eigenvalue weighted by Crippen LogP contribution is -2.48. The molecule has 0 saturated carbocycles. The molecule has 4 nitrogen and oxygen atoms in total. The summed E-state index contributed by atoms with van der Waals surface area (Å²) in [5.74, 6) is 1.95. The average molecular weight is 313 g/mol. The summed E-state index contributed by atoms with van der Waals surface area (Å²) in [5.41, 5.74) is 0.928. The molecule has 3 unspecified atom stereocenters. The molecule has 5 heteroatoms. The number of nitrogens with one attached hydrogen (secondary N) is 1. The van der Waals surface area contributed by atoms with Crippen molar-refractivity contribution in [3.8, 4) is 11.5 Å². The Balaban J connectivity index is 2.20. The van der Waals surface area contributed by atoms with Crippen molar-refractivity contribution < 1.29 is 9.47 Å². The van der Waals surface area contributed by atoms with Crippen molar-refractivity contribution in [3.05, 3.63) is 17.2 Å². The fraction of sp³-hybridized carbons (Fsp3) is 0.625. The van der Waals surface area contributed by atoms with E-state index in [1.54, 1.807) is 14.2 Å². The van der Waals surface area contributed by atoms with Crippen LogP contribution < -0.4 is 14.8 Å². The molecule has 0 aliphatic carbocycles. The van der Waals surface area contributed by atoms with E-state index >= 15 is 0 Å². The van der Waals surface area contributed by atoms with E-state index in [2.05, 4.69) is 31.1 Å². The van der Waals surface area contributed by atoms with Crippen LogP contribution in [0.1, 0.15) is 20.3 Å². The summed E-state index contributed by atoms with van der Waals surface area (Å²) in [5, 5.41) is 4.19. The lowest BCUT2D eigenvalue weighted by molar-refractivity contribution is 0.145. The number of anilines is 1. The first-order valence-electron chi connectivity index (χ1n) is 7.34. The van der Waals surface area contributed by atoms with Gasteiger partial charge in [0.15, 0.2) is 0 Å². The average Bonchev–Trinajstić information content (AvgIpc) is 2.45. The number of benzene rings is 1. The van der Waals surface area contributed by atoms with Crippen LogP contribution in [0.15, 0.2) is 12.1 Å². The van der Waals surface area contributed by atoms with Crippen LogP contribution in [-0.2, 0) is 0 Å². The molecule has 0 radical (unpaired) electrons. The summed E-state index contributed by atoms with van der Waals surface area (Å²) in [7, 11) is 5.45. The summed E-state index contributed by atoms with van der Waals surface area (Å²) >= 11 is 6.24. The summed E-state index contributed by atoms with van der Waals surface area (Å²) < 4.78 is 10.7. The lowest BCUT2D eigenvalue weighted by Gasteiger charge is -2.40. The van der Waals surface area contributed by atoms with Gasteiger partial charge in [0.25, 0.3) is 0 Å². The van der Waals surface area contributed by atoms with Crippen molar-refractivity contribution in [2.24, 2.45) is 5.92 Å². The molecule has 1 N–H and O–H groups in total. The molecule has 1 aliphatic rings. The maximum absolute atomic E-state index is 6.24. The van der Waals surface area contributed by atoms with Crippen molar-refractivity contribution >= 4 is 17.3 Å². The van der Waals surface area contributed by atoms with Crippen LogP contribution in [0.3, 0.4) is 0 Å². The molecule has 1 saturated heterocycles. The number of nitrogens with zero attached hydrogens (tertiary/aromatic N) is 1. The number of ether oxygens (including phenoxy) is 2. The van der Waals surface area contributed by atoms with Gasteiger partial charge < -0.3 is 19.7 Å². The van der Waals surface area contributed by atoms with E-state index in [0.717, 1.165) is 24.4 Å². The van der Waals surface area contributed by atoms with Crippen molar-refractivity contribution in [1.29, 1.82) is 0 Å². The summed E-state index contributed by atoms with van der Waals surface area (Å²) in [6.45, 7) is 5.63. The highest BCUT2D eigenvalue weighted by atomic mass is 35.5. The van der Waals surface area contributed by atoms with Gasteiger partial charge in [-0.05, 0) is 32.4 Å². The van der Waals surface area contributed by atoms with Crippen molar-refractivity contribution in [2.45, 2.75) is 32.4 Å². The summed E-state index contributed by atoms with van der Waals surface area (Å²) in [6.07, 6.45) is 1.10. The first-order valence-corrected chi connectivity index (χ1v) is 7.72. The predicted octanol–water partition coefficient (Wildman–Crippen LogP) is 3.50. The number of likely N-dealkylation sites (tertiary alicyclic amines) is 1. The third-order valence-corrected chi connectivity index (χ3v) is 4.72. The Hall–Kier alpha value is -1.13. The molecule has 1 aromatic carbocycles. The number of rotatable bonds is 4. The maximum Gasteiger partial charge on any atom is 0.145 e. The Morgan fingerprint density at radius 3 is 2.48 bits per heavy atom. The van der Waals surface area contributed by atoms with Crippen molar-refractivity contribution in [1.82, 2.24) is 4.90 Å². The van der Waals surface area contributed by atoms with E-state index in [1.807, 2.05) is 12.1 Å². The highest BCUT2D eigenvalue weighted by Crippen LogP contribution is 2.37. The molecule has 0 aromatic heterocycles. The van der Waals surface area contributed by atoms with Crippen LogP contribution >= 0.6 is 11.6 Å². The number of methoxy groups -OCH3 is 2. The third kappa shape index (κ3) is 3.55. The smallest absolute Gasteiger partial charge is 0.145 e. The molecule has 2 rings (SSSR count). The van der Waals surface area contributed by atoms with Gasteiger partial charge in [-0.15, -0.1) is 0 Å². The standard InChI is InChI=1S/C16H25ClN2O2/c1-10-9-19(3)11(2)6-13(10)18-14-7-12(17)15(20-4)8-16(14)21-5/h7-8,10-11,13,18H,6,9H2,1-5H3. The Bertz CT molecular complexity index is 495. The zero-order chi connectivity index (χ0) is 15.6. The molecule has 1 aliphatic heterocycles. The fourth-order valence-electron chi connectivity index (χ4n) is 2.91. The second kappa shape index (κ2) is 6.75. The Morgan fingerprint density at radius 2 is 1.86 bits per heavy atom. The van der Waals surface area contributed by atoms with Gasteiger partial charge in [-0.1, -0.05) is 18.5 Å². The first kappa shape index (κ1) is 16.2. The molecule has 0 spiro atoms. The SMILES string of the molecule is COc1cc(OC)c(NC2CC(C)N(C)CC2C)cc1Cl. The van der Waals surface area contributed by atoms with Gasteiger partial charge in [-0.25, -0.2) is 0 Å². The van der Waals surface area contributed by atoms with Crippen LogP contribution in [0.4, 0.5) is 5.69 Å². The normalized spacial score (nSPS) is 26.5. The van der Waals surface area contributed by atoms with Crippen LogP contribution in [0.2, 0.25) is 5.02 Å². The lowest BCUT2D eigenvalue weighted by atomic mass is 9.89. The van der Waals surface area contributed by atoms with Crippen LogP contribution in [0.5, 0.6) is 11.5 Å². The van der Waals surface area contributed by atoms with E-state index in [1.165, 1.54) is 0 Å². The van der Waals surface area contributed by atoms with Gasteiger partial charge in [0.1, 0.15) is 11.5 Å². The van der Waals surface area contributed by atoms with E-state index < -0.39 is 0 Å². The number of piperidine rings is 1. The molecular formula is C16H25ClN2O2. The van der Waals surface area contributed by atoms with Crippen LogP contribution in [0.25, 0.3) is 0 Å². The van der Waals surface area contributed by atoms with Crippen molar-refractivity contribution in [2.75, 3.05) is 33.1 Å². The summed E-state index contributed by atoms with van der Waals surface area (Å²) in [6, 6.07) is 4.69. The topological polar surface area (TPSA) is 33.7 Å². The van der Waals surface area contributed by atoms with Crippen LogP contribution in [0, 0.1) is 5.92 Å². The molecule has 3 atom stereocenters. The zero-order valence-electron chi connectivity index (χ0n) is 13.4. The Kier molecular flexibility index (Phi) is 5.22. The molecule has 1 aromatic rings. The largest absolute Gasteiger partial charge is 0.495 e. The molecule has 21 heavy (non-hydrogen) atoms. The molecule has 1 fully saturated rings. The maximum atomic E-state index is 6.24. The zero-order valence-corrected chi connectivity index (χ0v) is 14.2. The highest BCUT2D eigenvalue weighted by Gasteiger charge is 2.29. The first-order chi connectivity index (χ1) is 9.96. The fourth-order valence-corrected chi connectivity index (χ4v) is 3.16. The van der Waals surface area contributed by atoms with E-state index in [9.17, 15) is 0 Å². The minimum Gasteiger partial charge on any atom is -0.495 e. The number of halogens is 1. The monoisotopic (exact) mass is 312 g/mol. The number of hydrogen-bond donors (Lipinski definition) is 1.